The van der Waals surface area contributed by atoms with Crippen molar-refractivity contribution in [2.24, 2.45) is 0 Å². The minimum Gasteiger partial charge on any atom is -0.332 e. The molecule has 0 aromatic heterocycles. The van der Waals surface area contributed by atoms with E-state index in [1.54, 1.807) is 0 Å². The lowest BCUT2D eigenvalue weighted by molar-refractivity contribution is -0.114. The van der Waals surface area contributed by atoms with E-state index in [-0.39, 0.29) is 29.4 Å². The van der Waals surface area contributed by atoms with Crippen molar-refractivity contribution >= 4 is 17.6 Å². The van der Waals surface area contributed by atoms with E-state index in [1.165, 1.54) is 18.1 Å². The molecular formula is C23H29N3O2. The number of hydrogen-bond donors (Lipinski definition) is 3. The van der Waals surface area contributed by atoms with E-state index >= 15 is 0 Å². The average Bonchev–Trinajstić information content (AvgIpc) is 2.64. The van der Waals surface area contributed by atoms with Crippen molar-refractivity contribution in [1.82, 2.24) is 10.6 Å². The fourth-order valence-electron chi connectivity index (χ4n) is 3.93. The molecule has 0 saturated carbocycles. The number of anilines is 1. The normalized spacial score (nSPS) is 18.5. The predicted molar refractivity (Wildman–Crippen MR) is 112 cm³/mol. The highest BCUT2D eigenvalue weighted by atomic mass is 16.2. The lowest BCUT2D eigenvalue weighted by Crippen LogP contribution is -2.41. The number of nitrogens with one attached hydrogen (secondary N) is 3. The van der Waals surface area contributed by atoms with Gasteiger partial charge in [0, 0.05) is 12.6 Å². The van der Waals surface area contributed by atoms with E-state index in [1.807, 2.05) is 37.3 Å². The molecule has 148 valence electrons. The number of fused-ring (bicyclic) bond motifs is 1. The third kappa shape index (κ3) is 4.53. The lowest BCUT2D eigenvalue weighted by Gasteiger charge is -2.37. The Morgan fingerprint density at radius 2 is 1.86 bits per heavy atom. The van der Waals surface area contributed by atoms with Crippen LogP contribution in [0.2, 0.25) is 0 Å². The highest BCUT2D eigenvalue weighted by Gasteiger charge is 2.33. The summed E-state index contributed by atoms with van der Waals surface area (Å²) in [6.45, 7) is 7.92. The zero-order chi connectivity index (χ0) is 20.3. The maximum absolute atomic E-state index is 12.6. The molecule has 3 N–H and O–H groups in total. The molecule has 28 heavy (non-hydrogen) atoms. The molecule has 5 nitrogen and oxygen atoms in total. The first-order valence-electron chi connectivity index (χ1n) is 9.80. The van der Waals surface area contributed by atoms with Gasteiger partial charge in [0.1, 0.15) is 0 Å². The Labute approximate surface area is 166 Å². The Hall–Kier alpha value is -2.82. The van der Waals surface area contributed by atoms with Crippen LogP contribution in [0.5, 0.6) is 0 Å². The van der Waals surface area contributed by atoms with E-state index in [2.05, 4.69) is 48.0 Å². The standard InChI is InChI=1S/C23H29N3O2/c1-15(17-8-7-9-18(14-17)25-16(2)27)24-22(28)26-21-12-13-23(3,4)20-11-6-5-10-19(20)21/h5-11,14-15,21H,12-13H2,1-4H3,(H,25,27)(H2,24,26,28). The number of rotatable bonds is 4. The Balaban J connectivity index is 1.67. The van der Waals surface area contributed by atoms with Crippen molar-refractivity contribution in [3.05, 3.63) is 65.2 Å². The van der Waals surface area contributed by atoms with E-state index < -0.39 is 0 Å². The number of urea groups is 1. The monoisotopic (exact) mass is 379 g/mol. The average molecular weight is 380 g/mol. The zero-order valence-electron chi connectivity index (χ0n) is 17.0. The second-order valence-corrected chi connectivity index (χ2v) is 8.21. The Morgan fingerprint density at radius 1 is 1.11 bits per heavy atom. The van der Waals surface area contributed by atoms with Crippen LogP contribution in [-0.4, -0.2) is 11.9 Å². The molecule has 0 aliphatic heterocycles. The summed E-state index contributed by atoms with van der Waals surface area (Å²) in [6, 6.07) is 15.5. The first-order chi connectivity index (χ1) is 13.3. The van der Waals surface area contributed by atoms with Crippen LogP contribution in [0.3, 0.4) is 0 Å². The fraction of sp³-hybridized carbons (Fsp3) is 0.391. The van der Waals surface area contributed by atoms with Crippen LogP contribution in [0.4, 0.5) is 10.5 Å². The molecule has 0 spiro atoms. The molecule has 3 amide bonds. The molecule has 2 unspecified atom stereocenters. The van der Waals surface area contributed by atoms with Gasteiger partial charge < -0.3 is 16.0 Å². The number of carbonyl (C=O) groups excluding carboxylic acids is 2. The van der Waals surface area contributed by atoms with Crippen LogP contribution in [0.25, 0.3) is 0 Å². The molecule has 5 heteroatoms. The lowest BCUT2D eigenvalue weighted by atomic mass is 9.71. The summed E-state index contributed by atoms with van der Waals surface area (Å²) in [5.41, 5.74) is 4.30. The van der Waals surface area contributed by atoms with Crippen molar-refractivity contribution in [3.8, 4) is 0 Å². The summed E-state index contributed by atoms with van der Waals surface area (Å²) in [5.74, 6) is -0.116. The van der Waals surface area contributed by atoms with E-state index in [4.69, 9.17) is 0 Å². The van der Waals surface area contributed by atoms with Crippen LogP contribution in [-0.2, 0) is 10.2 Å². The summed E-state index contributed by atoms with van der Waals surface area (Å²) in [4.78, 5) is 23.9. The van der Waals surface area contributed by atoms with Crippen molar-refractivity contribution in [2.45, 2.75) is 58.0 Å². The van der Waals surface area contributed by atoms with Crippen molar-refractivity contribution < 1.29 is 9.59 Å². The second kappa shape index (κ2) is 8.05. The van der Waals surface area contributed by atoms with Gasteiger partial charge in [-0.2, -0.15) is 0 Å². The van der Waals surface area contributed by atoms with Gasteiger partial charge in [0.05, 0.1) is 12.1 Å². The number of amides is 3. The third-order valence-electron chi connectivity index (χ3n) is 5.48. The van der Waals surface area contributed by atoms with Gasteiger partial charge in [0.25, 0.3) is 0 Å². The van der Waals surface area contributed by atoms with Crippen molar-refractivity contribution in [1.29, 1.82) is 0 Å². The molecular weight excluding hydrogens is 350 g/mol. The molecule has 0 radical (unpaired) electrons. The second-order valence-electron chi connectivity index (χ2n) is 8.21. The van der Waals surface area contributed by atoms with Crippen LogP contribution in [0.1, 0.15) is 69.3 Å². The first-order valence-corrected chi connectivity index (χ1v) is 9.80. The van der Waals surface area contributed by atoms with Crippen LogP contribution >= 0.6 is 0 Å². The smallest absolute Gasteiger partial charge is 0.315 e. The van der Waals surface area contributed by atoms with Gasteiger partial charge in [-0.3, -0.25) is 4.79 Å². The molecule has 0 fully saturated rings. The molecule has 1 aliphatic rings. The van der Waals surface area contributed by atoms with Gasteiger partial charge in [0.15, 0.2) is 0 Å². The molecule has 0 heterocycles. The Morgan fingerprint density at radius 3 is 2.61 bits per heavy atom. The summed E-state index contributed by atoms with van der Waals surface area (Å²) in [7, 11) is 0. The van der Waals surface area contributed by atoms with Crippen molar-refractivity contribution in [3.63, 3.8) is 0 Å². The van der Waals surface area contributed by atoms with Gasteiger partial charge >= 0.3 is 6.03 Å². The minimum atomic E-state index is -0.183. The highest BCUT2D eigenvalue weighted by Crippen LogP contribution is 2.41. The minimum absolute atomic E-state index is 0.0159. The van der Waals surface area contributed by atoms with Gasteiger partial charge in [-0.1, -0.05) is 50.2 Å². The van der Waals surface area contributed by atoms with Gasteiger partial charge in [-0.05, 0) is 54.0 Å². The molecule has 3 rings (SSSR count). The summed E-state index contributed by atoms with van der Waals surface area (Å²) in [5, 5.41) is 8.92. The first kappa shape index (κ1) is 19.9. The van der Waals surface area contributed by atoms with Gasteiger partial charge in [-0.25, -0.2) is 4.79 Å². The van der Waals surface area contributed by atoms with E-state index in [0.29, 0.717) is 0 Å². The number of hydrogen-bond acceptors (Lipinski definition) is 2. The van der Waals surface area contributed by atoms with Crippen LogP contribution in [0.15, 0.2) is 48.5 Å². The Bertz CT molecular complexity index is 876. The summed E-state index contributed by atoms with van der Waals surface area (Å²) >= 11 is 0. The van der Waals surface area contributed by atoms with E-state index in [0.717, 1.165) is 24.1 Å². The molecule has 0 saturated heterocycles. The quantitative estimate of drug-likeness (QED) is 0.713. The number of benzene rings is 2. The topological polar surface area (TPSA) is 70.2 Å². The predicted octanol–water partition coefficient (Wildman–Crippen LogP) is 4.82. The maximum Gasteiger partial charge on any atom is 0.315 e. The molecule has 2 atom stereocenters. The number of carbonyl (C=O) groups is 2. The molecule has 0 bridgehead atoms. The summed E-state index contributed by atoms with van der Waals surface area (Å²) in [6.07, 6.45) is 1.95. The van der Waals surface area contributed by atoms with Gasteiger partial charge in [-0.15, -0.1) is 0 Å². The van der Waals surface area contributed by atoms with Crippen LogP contribution in [0, 0.1) is 0 Å². The Kier molecular flexibility index (Phi) is 5.73. The van der Waals surface area contributed by atoms with E-state index in [9.17, 15) is 9.59 Å². The molecule has 1 aliphatic carbocycles. The summed E-state index contributed by atoms with van der Waals surface area (Å²) < 4.78 is 0. The zero-order valence-corrected chi connectivity index (χ0v) is 17.0. The molecule has 2 aromatic carbocycles. The largest absolute Gasteiger partial charge is 0.332 e. The highest BCUT2D eigenvalue weighted by molar-refractivity contribution is 5.88. The van der Waals surface area contributed by atoms with Crippen LogP contribution < -0.4 is 16.0 Å². The fourth-order valence-corrected chi connectivity index (χ4v) is 3.93. The molecule has 2 aromatic rings. The maximum atomic E-state index is 12.6. The SMILES string of the molecule is CC(=O)Nc1cccc(C(C)NC(=O)NC2CCC(C)(C)c3ccccc32)c1. The third-order valence-corrected chi connectivity index (χ3v) is 5.48. The van der Waals surface area contributed by atoms with Crippen molar-refractivity contribution in [2.75, 3.05) is 5.32 Å². The van der Waals surface area contributed by atoms with Gasteiger partial charge in [0.2, 0.25) is 5.91 Å².